The number of ketones is 1. The van der Waals surface area contributed by atoms with Crippen molar-refractivity contribution in [2.45, 2.75) is 32.4 Å². The van der Waals surface area contributed by atoms with Crippen molar-refractivity contribution < 1.29 is 32.3 Å². The van der Waals surface area contributed by atoms with Gasteiger partial charge in [-0.1, -0.05) is 37.3 Å². The van der Waals surface area contributed by atoms with Crippen LogP contribution >= 0.6 is 0 Å². The fraction of sp³-hybridized carbons (Fsp3) is 0.333. The summed E-state index contributed by atoms with van der Waals surface area (Å²) in [6.07, 6.45) is -1.89. The number of piperidine rings is 1. The Morgan fingerprint density at radius 1 is 1.15 bits per heavy atom. The lowest BCUT2D eigenvalue weighted by atomic mass is 10.0. The Hall–Kier alpha value is -3.69. The molecule has 1 fully saturated rings. The average molecular weight is 473 g/mol. The molecule has 3 heterocycles. The van der Waals surface area contributed by atoms with Crippen LogP contribution in [0.2, 0.25) is 0 Å². The molecule has 7 nitrogen and oxygen atoms in total. The molecule has 3 aromatic rings. The number of hydrogen-bond donors (Lipinski definition) is 1. The van der Waals surface area contributed by atoms with Gasteiger partial charge in [0, 0.05) is 31.3 Å². The van der Waals surface area contributed by atoms with E-state index in [1.165, 1.54) is 12.3 Å². The summed E-state index contributed by atoms with van der Waals surface area (Å²) < 4.78 is 46.1. The minimum absolute atomic E-state index is 0.0862. The molecule has 1 saturated heterocycles. The van der Waals surface area contributed by atoms with Gasteiger partial charge in [-0.25, -0.2) is 9.78 Å². The van der Waals surface area contributed by atoms with Crippen molar-refractivity contribution in [1.29, 1.82) is 0 Å². The summed E-state index contributed by atoms with van der Waals surface area (Å²) >= 11 is 0. The number of carboxylic acids is 1. The number of anilines is 1. The number of rotatable bonds is 6. The van der Waals surface area contributed by atoms with E-state index in [2.05, 4.69) is 9.97 Å². The van der Waals surface area contributed by atoms with Crippen LogP contribution in [0, 0.1) is 5.92 Å². The summed E-state index contributed by atoms with van der Waals surface area (Å²) in [5, 5.41) is 8.94. The van der Waals surface area contributed by atoms with Gasteiger partial charge in [-0.3, -0.25) is 4.79 Å². The second kappa shape index (κ2) is 9.28. The topological polar surface area (TPSA) is 96.5 Å². The van der Waals surface area contributed by atoms with Gasteiger partial charge in [-0.2, -0.15) is 18.2 Å². The molecule has 178 valence electrons. The van der Waals surface area contributed by atoms with Crippen molar-refractivity contribution in [2.75, 3.05) is 18.0 Å². The molecule has 0 saturated carbocycles. The Kier molecular flexibility index (Phi) is 6.41. The van der Waals surface area contributed by atoms with E-state index in [4.69, 9.17) is 9.52 Å². The maximum Gasteiger partial charge on any atom is 0.437 e. The maximum atomic E-state index is 13.6. The summed E-state index contributed by atoms with van der Waals surface area (Å²) in [6.45, 7) is 3.06. The Bertz CT molecular complexity index is 1190. The number of oxazole rings is 1. The highest BCUT2D eigenvalue weighted by Gasteiger charge is 2.42. The molecular weight excluding hydrogens is 451 g/mol. The van der Waals surface area contributed by atoms with Crippen LogP contribution in [0.1, 0.15) is 52.1 Å². The molecule has 0 amide bonds. The lowest BCUT2D eigenvalue weighted by Crippen LogP contribution is -2.34. The summed E-state index contributed by atoms with van der Waals surface area (Å²) in [6, 6.07) is 9.42. The highest BCUT2D eigenvalue weighted by molar-refractivity contribution is 5.96. The Labute approximate surface area is 193 Å². The summed E-state index contributed by atoms with van der Waals surface area (Å²) in [7, 11) is 0. The zero-order valence-electron chi connectivity index (χ0n) is 18.3. The smallest absolute Gasteiger partial charge is 0.437 e. The standard InChI is InChI=1S/C24H22F3N3O4/c1-14-3-2-10-30(13-14)23-29-21(24(25,26)27)20(34-23)19(31)11-15-4-6-16(7-5-15)17-8-9-18(22(32)33)28-12-17/h4-9,12,14H,2-3,10-11,13H2,1H3,(H,32,33). The van der Waals surface area contributed by atoms with Crippen molar-refractivity contribution in [3.8, 4) is 11.1 Å². The first kappa shape index (κ1) is 23.5. The third kappa shape index (κ3) is 5.11. The maximum absolute atomic E-state index is 13.6. The van der Waals surface area contributed by atoms with E-state index in [-0.39, 0.29) is 18.1 Å². The fourth-order valence-electron chi connectivity index (χ4n) is 3.96. The van der Waals surface area contributed by atoms with E-state index < -0.39 is 29.4 Å². The van der Waals surface area contributed by atoms with Gasteiger partial charge in [0.1, 0.15) is 5.69 Å². The van der Waals surface area contributed by atoms with E-state index in [1.807, 2.05) is 6.92 Å². The molecule has 2 aromatic heterocycles. The zero-order valence-corrected chi connectivity index (χ0v) is 18.3. The summed E-state index contributed by atoms with van der Waals surface area (Å²) in [5.41, 5.74) is 0.501. The molecule has 0 bridgehead atoms. The quantitative estimate of drug-likeness (QED) is 0.497. The molecular formula is C24H22F3N3O4. The second-order valence-electron chi connectivity index (χ2n) is 8.40. The van der Waals surface area contributed by atoms with E-state index in [9.17, 15) is 22.8 Å². The number of carbonyl (C=O) groups is 2. The zero-order chi connectivity index (χ0) is 24.5. The predicted octanol–water partition coefficient (Wildman–Crippen LogP) is 5.12. The van der Waals surface area contributed by atoms with Gasteiger partial charge in [0.05, 0.1) is 0 Å². The van der Waals surface area contributed by atoms with Crippen LogP contribution in [0.4, 0.5) is 19.2 Å². The number of aromatic carboxylic acids is 1. The molecule has 4 rings (SSSR count). The lowest BCUT2D eigenvalue weighted by molar-refractivity contribution is -0.141. The highest BCUT2D eigenvalue weighted by atomic mass is 19.4. The van der Waals surface area contributed by atoms with E-state index in [1.54, 1.807) is 35.2 Å². The Morgan fingerprint density at radius 3 is 2.44 bits per heavy atom. The van der Waals surface area contributed by atoms with Gasteiger partial charge in [-0.05, 0) is 36.0 Å². The number of pyridine rings is 1. The lowest BCUT2D eigenvalue weighted by Gasteiger charge is -2.29. The van der Waals surface area contributed by atoms with E-state index >= 15 is 0 Å². The molecule has 1 aromatic carbocycles. The number of hydrogen-bond acceptors (Lipinski definition) is 6. The summed E-state index contributed by atoms with van der Waals surface area (Å²) in [5.74, 6) is -2.43. The number of halogens is 3. The van der Waals surface area contributed by atoms with Gasteiger partial charge in [-0.15, -0.1) is 0 Å². The van der Waals surface area contributed by atoms with Crippen LogP contribution < -0.4 is 4.90 Å². The number of nitrogens with zero attached hydrogens (tertiary/aromatic N) is 3. The van der Waals surface area contributed by atoms with Crippen molar-refractivity contribution >= 4 is 17.8 Å². The van der Waals surface area contributed by atoms with Crippen LogP contribution in [0.15, 0.2) is 47.0 Å². The highest BCUT2D eigenvalue weighted by Crippen LogP contribution is 2.35. The second-order valence-corrected chi connectivity index (χ2v) is 8.40. The van der Waals surface area contributed by atoms with Crippen molar-refractivity contribution in [3.63, 3.8) is 0 Å². The SMILES string of the molecule is CC1CCCN(c2nc(C(F)(F)F)c(C(=O)Cc3ccc(-c4ccc(C(=O)O)nc4)cc3)o2)C1. The molecule has 1 aliphatic heterocycles. The molecule has 1 atom stereocenters. The van der Waals surface area contributed by atoms with Crippen LogP contribution in [-0.2, 0) is 12.6 Å². The molecule has 10 heteroatoms. The van der Waals surface area contributed by atoms with Crippen molar-refractivity contribution in [2.24, 2.45) is 5.92 Å². The van der Waals surface area contributed by atoms with Crippen molar-refractivity contribution in [1.82, 2.24) is 9.97 Å². The number of alkyl halides is 3. The Balaban J connectivity index is 1.53. The minimum atomic E-state index is -4.81. The van der Waals surface area contributed by atoms with Crippen LogP contribution in [0.3, 0.4) is 0 Å². The first-order valence-corrected chi connectivity index (χ1v) is 10.8. The number of benzene rings is 1. The first-order valence-electron chi connectivity index (χ1n) is 10.8. The Morgan fingerprint density at radius 2 is 1.85 bits per heavy atom. The van der Waals surface area contributed by atoms with E-state index in [0.29, 0.717) is 30.1 Å². The van der Waals surface area contributed by atoms with Gasteiger partial charge in [0.2, 0.25) is 11.5 Å². The van der Waals surface area contributed by atoms with Gasteiger partial charge >= 0.3 is 12.1 Å². The normalized spacial score (nSPS) is 16.5. The van der Waals surface area contributed by atoms with Crippen molar-refractivity contribution in [3.05, 3.63) is 65.3 Å². The van der Waals surface area contributed by atoms with Crippen LogP contribution in [0.25, 0.3) is 11.1 Å². The summed E-state index contributed by atoms with van der Waals surface area (Å²) in [4.78, 5) is 32.9. The average Bonchev–Trinajstić information content (AvgIpc) is 3.26. The van der Waals surface area contributed by atoms with E-state index in [0.717, 1.165) is 18.4 Å². The fourth-order valence-corrected chi connectivity index (χ4v) is 3.96. The molecule has 34 heavy (non-hydrogen) atoms. The largest absolute Gasteiger partial charge is 0.477 e. The number of carboxylic acid groups (broad SMARTS) is 1. The minimum Gasteiger partial charge on any atom is -0.477 e. The third-order valence-electron chi connectivity index (χ3n) is 5.70. The first-order chi connectivity index (χ1) is 16.1. The van der Waals surface area contributed by atoms with Crippen LogP contribution in [0.5, 0.6) is 0 Å². The van der Waals surface area contributed by atoms with Crippen LogP contribution in [-0.4, -0.2) is 39.9 Å². The molecule has 1 N–H and O–H groups in total. The number of Topliss-reactive ketones (excluding diaryl/α,β-unsaturated/α-hetero) is 1. The number of carbonyl (C=O) groups excluding carboxylic acids is 1. The van der Waals surface area contributed by atoms with Gasteiger partial charge in [0.25, 0.3) is 6.01 Å². The van der Waals surface area contributed by atoms with Gasteiger partial charge < -0.3 is 14.4 Å². The molecule has 0 aliphatic carbocycles. The molecule has 0 spiro atoms. The third-order valence-corrected chi connectivity index (χ3v) is 5.70. The number of aromatic nitrogens is 2. The molecule has 1 aliphatic rings. The monoisotopic (exact) mass is 473 g/mol. The molecule has 1 unspecified atom stereocenters. The van der Waals surface area contributed by atoms with Gasteiger partial charge in [0.15, 0.2) is 5.69 Å². The molecule has 0 radical (unpaired) electrons. The predicted molar refractivity (Wildman–Crippen MR) is 117 cm³/mol.